The van der Waals surface area contributed by atoms with Crippen LogP contribution in [0.5, 0.6) is 11.5 Å². The number of carbonyl (C=O) groups is 1. The molecule has 34 heavy (non-hydrogen) atoms. The summed E-state index contributed by atoms with van der Waals surface area (Å²) in [7, 11) is -3.72. The second kappa shape index (κ2) is 9.24. The number of benzene rings is 2. The van der Waals surface area contributed by atoms with Gasteiger partial charge in [0.1, 0.15) is 25.9 Å². The zero-order valence-electron chi connectivity index (χ0n) is 18.1. The molecule has 3 aromatic rings. The van der Waals surface area contributed by atoms with Crippen molar-refractivity contribution in [2.24, 2.45) is 5.92 Å². The molecule has 3 heterocycles. The van der Waals surface area contributed by atoms with E-state index in [4.69, 9.17) is 21.1 Å². The predicted octanol–water partition coefficient (Wildman–Crippen LogP) is 2.73. The topological polar surface area (TPSA) is 116 Å². The minimum Gasteiger partial charge on any atom is -0.486 e. The van der Waals surface area contributed by atoms with Crippen LogP contribution in [-0.2, 0) is 14.8 Å². The Labute approximate surface area is 201 Å². The van der Waals surface area contributed by atoms with E-state index in [1.54, 1.807) is 24.3 Å². The van der Waals surface area contributed by atoms with E-state index in [1.165, 1.54) is 33.8 Å². The molecular weight excluding hydrogens is 482 g/mol. The smallest absolute Gasteiger partial charge is 0.243 e. The van der Waals surface area contributed by atoms with Gasteiger partial charge in [-0.05, 0) is 43.2 Å². The van der Waals surface area contributed by atoms with Crippen LogP contribution in [0.1, 0.15) is 12.8 Å². The molecule has 178 valence electrons. The number of hydrogen-bond donors (Lipinski definition) is 1. The third kappa shape index (κ3) is 4.46. The van der Waals surface area contributed by atoms with Crippen LogP contribution in [0.2, 0.25) is 5.02 Å². The van der Waals surface area contributed by atoms with Crippen LogP contribution in [0.25, 0.3) is 5.69 Å². The van der Waals surface area contributed by atoms with Gasteiger partial charge in [0.15, 0.2) is 11.5 Å². The van der Waals surface area contributed by atoms with Crippen molar-refractivity contribution in [3.63, 3.8) is 0 Å². The summed E-state index contributed by atoms with van der Waals surface area (Å²) in [4.78, 5) is 17.1. The van der Waals surface area contributed by atoms with E-state index >= 15 is 0 Å². The lowest BCUT2D eigenvalue weighted by atomic mass is 9.97. The Morgan fingerprint density at radius 1 is 1.06 bits per heavy atom. The summed E-state index contributed by atoms with van der Waals surface area (Å²) in [6.07, 6.45) is 3.72. The molecule has 0 aliphatic carbocycles. The van der Waals surface area contributed by atoms with Crippen LogP contribution in [-0.4, -0.2) is 59.7 Å². The summed E-state index contributed by atoms with van der Waals surface area (Å²) in [5.74, 6) is 0.424. The molecule has 2 aromatic carbocycles. The number of aromatic nitrogens is 3. The first-order valence-electron chi connectivity index (χ1n) is 10.8. The summed E-state index contributed by atoms with van der Waals surface area (Å²) in [5, 5.41) is 7.50. The van der Waals surface area contributed by atoms with Crippen molar-refractivity contribution in [2.75, 3.05) is 31.6 Å². The molecule has 10 nitrogen and oxygen atoms in total. The normalized spacial score (nSPS) is 16.9. The van der Waals surface area contributed by atoms with Crippen molar-refractivity contribution < 1.29 is 22.7 Å². The number of piperidine rings is 1. The van der Waals surface area contributed by atoms with Crippen molar-refractivity contribution in [1.29, 1.82) is 0 Å². The molecule has 0 spiro atoms. The summed E-state index contributed by atoms with van der Waals surface area (Å²) in [6.45, 7) is 1.28. The van der Waals surface area contributed by atoms with Crippen molar-refractivity contribution in [3.8, 4) is 17.2 Å². The van der Waals surface area contributed by atoms with Crippen molar-refractivity contribution in [1.82, 2.24) is 19.1 Å². The average molecular weight is 504 g/mol. The summed E-state index contributed by atoms with van der Waals surface area (Å²) < 4.78 is 40.2. The monoisotopic (exact) mass is 503 g/mol. The van der Waals surface area contributed by atoms with Crippen LogP contribution in [0.3, 0.4) is 0 Å². The first-order chi connectivity index (χ1) is 16.4. The largest absolute Gasteiger partial charge is 0.486 e. The second-order valence-electron chi connectivity index (χ2n) is 7.97. The lowest BCUT2D eigenvalue weighted by molar-refractivity contribution is -0.120. The number of anilines is 1. The number of rotatable bonds is 5. The number of sulfonamides is 1. The van der Waals surface area contributed by atoms with E-state index in [2.05, 4.69) is 15.4 Å². The summed E-state index contributed by atoms with van der Waals surface area (Å²) >= 11 is 6.13. The molecule has 0 atom stereocenters. The van der Waals surface area contributed by atoms with E-state index < -0.39 is 10.0 Å². The third-order valence-corrected chi connectivity index (χ3v) is 7.99. The van der Waals surface area contributed by atoms with Crippen LogP contribution in [0.4, 0.5) is 5.69 Å². The number of fused-ring (bicyclic) bond motifs is 1. The number of nitrogens with zero attached hydrogens (tertiary/aromatic N) is 4. The molecule has 1 saturated heterocycles. The van der Waals surface area contributed by atoms with Gasteiger partial charge in [-0.25, -0.2) is 18.1 Å². The predicted molar refractivity (Wildman–Crippen MR) is 124 cm³/mol. The lowest BCUT2D eigenvalue weighted by Crippen LogP contribution is -2.41. The Balaban J connectivity index is 1.26. The van der Waals surface area contributed by atoms with Gasteiger partial charge in [-0.15, -0.1) is 0 Å². The van der Waals surface area contributed by atoms with Crippen LogP contribution in [0, 0.1) is 5.92 Å². The number of ether oxygens (including phenoxy) is 2. The van der Waals surface area contributed by atoms with Gasteiger partial charge in [0.2, 0.25) is 15.9 Å². The molecule has 0 saturated carbocycles. The van der Waals surface area contributed by atoms with Crippen molar-refractivity contribution in [3.05, 3.63) is 54.1 Å². The first kappa shape index (κ1) is 22.6. The van der Waals surface area contributed by atoms with Crippen molar-refractivity contribution >= 4 is 33.2 Å². The molecule has 0 bridgehead atoms. The Kier molecular flexibility index (Phi) is 6.15. The van der Waals surface area contributed by atoms with E-state index in [0.29, 0.717) is 54.0 Å². The second-order valence-corrected chi connectivity index (χ2v) is 10.3. The highest BCUT2D eigenvalue weighted by molar-refractivity contribution is 7.89. The number of carbonyl (C=O) groups excluding carboxylic acids is 1. The van der Waals surface area contributed by atoms with Crippen LogP contribution < -0.4 is 14.8 Å². The highest BCUT2D eigenvalue weighted by atomic mass is 35.5. The van der Waals surface area contributed by atoms with Gasteiger partial charge in [0.25, 0.3) is 0 Å². The highest BCUT2D eigenvalue weighted by Gasteiger charge is 2.33. The molecule has 0 unspecified atom stereocenters. The summed E-state index contributed by atoms with van der Waals surface area (Å²) in [6, 6.07) is 9.72. The molecule has 1 N–H and O–H groups in total. The number of hydrogen-bond acceptors (Lipinski definition) is 7. The fraction of sp³-hybridized carbons (Fsp3) is 0.318. The maximum Gasteiger partial charge on any atom is 0.243 e. The van der Waals surface area contributed by atoms with Gasteiger partial charge in [-0.3, -0.25) is 4.79 Å². The number of amides is 1. The molecule has 5 rings (SSSR count). The summed E-state index contributed by atoms with van der Waals surface area (Å²) in [5.41, 5.74) is 1.14. The molecule has 0 radical (unpaired) electrons. The van der Waals surface area contributed by atoms with Crippen LogP contribution in [0.15, 0.2) is 53.9 Å². The van der Waals surface area contributed by atoms with Gasteiger partial charge < -0.3 is 14.8 Å². The van der Waals surface area contributed by atoms with E-state index in [0.717, 1.165) is 0 Å². The maximum atomic E-state index is 13.2. The minimum atomic E-state index is -3.72. The molecule has 2 aliphatic rings. The van der Waals surface area contributed by atoms with Gasteiger partial charge in [0, 0.05) is 30.1 Å². The molecule has 1 aromatic heterocycles. The van der Waals surface area contributed by atoms with E-state index in [9.17, 15) is 13.2 Å². The Morgan fingerprint density at radius 3 is 2.56 bits per heavy atom. The Bertz CT molecular complexity index is 1310. The molecule has 1 amide bonds. The molecule has 1 fully saturated rings. The quantitative estimate of drug-likeness (QED) is 0.569. The van der Waals surface area contributed by atoms with Gasteiger partial charge >= 0.3 is 0 Å². The van der Waals surface area contributed by atoms with Gasteiger partial charge in [-0.1, -0.05) is 11.6 Å². The Morgan fingerprint density at radius 2 is 1.82 bits per heavy atom. The van der Waals surface area contributed by atoms with Crippen molar-refractivity contribution in [2.45, 2.75) is 17.7 Å². The fourth-order valence-electron chi connectivity index (χ4n) is 4.07. The number of nitrogens with one attached hydrogen (secondary N) is 1. The molecular formula is C22H22ClN5O5S. The molecule has 12 heteroatoms. The third-order valence-electron chi connectivity index (χ3n) is 5.86. The van der Waals surface area contributed by atoms with E-state index in [-0.39, 0.29) is 29.8 Å². The maximum absolute atomic E-state index is 13.2. The zero-order chi connectivity index (χ0) is 23.7. The SMILES string of the molecule is O=C(Nc1cc(Cl)ccc1-n1cncn1)C1CCN(S(=O)(=O)c2ccc3c(c2)OCCO3)CC1. The van der Waals surface area contributed by atoms with E-state index in [1.807, 2.05) is 0 Å². The zero-order valence-corrected chi connectivity index (χ0v) is 19.6. The highest BCUT2D eigenvalue weighted by Crippen LogP contribution is 2.34. The lowest BCUT2D eigenvalue weighted by Gasteiger charge is -2.31. The standard InChI is InChI=1S/C22H22ClN5O5S/c23-16-1-3-19(28-14-24-13-25-28)18(11-16)26-22(29)15-5-7-27(8-6-15)34(30,31)17-2-4-20-21(12-17)33-10-9-32-20/h1-4,11-15H,5-10H2,(H,26,29). The average Bonchev–Trinajstić information content (AvgIpc) is 3.38. The van der Waals surface area contributed by atoms with Gasteiger partial charge in [0.05, 0.1) is 16.3 Å². The first-order valence-corrected chi connectivity index (χ1v) is 12.6. The molecule has 2 aliphatic heterocycles. The van der Waals surface area contributed by atoms with Crippen LogP contribution >= 0.6 is 11.6 Å². The van der Waals surface area contributed by atoms with Gasteiger partial charge in [-0.2, -0.15) is 9.40 Å². The number of halogens is 1. The minimum absolute atomic E-state index is 0.149. The fourth-order valence-corrected chi connectivity index (χ4v) is 5.72. The Hall–Kier alpha value is -3.15.